The molecule has 1 spiro atoms. The summed E-state index contributed by atoms with van der Waals surface area (Å²) < 4.78 is 27.0. The van der Waals surface area contributed by atoms with Crippen molar-refractivity contribution in [3.63, 3.8) is 0 Å². The predicted molar refractivity (Wildman–Crippen MR) is 281 cm³/mol. The van der Waals surface area contributed by atoms with Gasteiger partial charge in [-0.05, 0) is 135 Å². The third-order valence-electron chi connectivity index (χ3n) is 15.4. The van der Waals surface area contributed by atoms with E-state index in [9.17, 15) is 39.3 Å². The SMILES string of the molecule is CC(C)=CCCC1(C)C=Cc2c(O)c3c(c(CC=C(C)C)c2O1)OC12C(=CC4CC1C(C)(C)OC2(C/C=C(/C)C(=O)NCC(=O)Nc1ccc(-c2c5ccc(=O)cc-5oc5cc(O)ccc25)c(C(=O)O)c1)C4=O)C3=O. The van der Waals surface area contributed by atoms with Crippen LogP contribution in [0.2, 0.25) is 0 Å². The van der Waals surface area contributed by atoms with Gasteiger partial charge in [-0.25, -0.2) is 4.79 Å². The van der Waals surface area contributed by atoms with E-state index in [4.69, 9.17) is 18.6 Å². The number of ketones is 2. The highest BCUT2D eigenvalue weighted by Crippen LogP contribution is 2.69. The summed E-state index contributed by atoms with van der Waals surface area (Å²) in [5, 5.41) is 38.4. The Morgan fingerprint density at radius 2 is 1.59 bits per heavy atom. The molecule has 75 heavy (non-hydrogen) atoms. The molecule has 15 nitrogen and oxygen atoms in total. The topological polar surface area (TPSA) is 228 Å². The lowest BCUT2D eigenvalue weighted by molar-refractivity contribution is -0.171. The molecular weight excluding hydrogens is 957 g/mol. The molecule has 5 unspecified atom stereocenters. The van der Waals surface area contributed by atoms with Crippen molar-refractivity contribution in [2.45, 2.75) is 110 Å². The van der Waals surface area contributed by atoms with Gasteiger partial charge >= 0.3 is 5.97 Å². The molecule has 0 aromatic heterocycles. The molecule has 1 saturated heterocycles. The molecule has 5 atom stereocenters. The summed E-state index contributed by atoms with van der Waals surface area (Å²) in [6.07, 6.45) is 13.0. The second kappa shape index (κ2) is 18.1. The minimum absolute atomic E-state index is 0.00690. The van der Waals surface area contributed by atoms with Crippen LogP contribution in [0.4, 0.5) is 5.69 Å². The first-order valence-electron chi connectivity index (χ1n) is 25.1. The first-order valence-corrected chi connectivity index (χ1v) is 25.1. The number of hydrogen-bond donors (Lipinski definition) is 5. The van der Waals surface area contributed by atoms with E-state index in [2.05, 4.69) is 16.7 Å². The van der Waals surface area contributed by atoms with Crippen molar-refractivity contribution in [2.75, 3.05) is 11.9 Å². The molecule has 4 aliphatic carbocycles. The molecule has 3 aromatic carbocycles. The number of carboxylic acids is 1. The molecule has 0 radical (unpaired) electrons. The number of fused-ring (bicyclic) bond motifs is 4. The van der Waals surface area contributed by atoms with Gasteiger partial charge in [-0.3, -0.25) is 24.0 Å². The minimum atomic E-state index is -1.78. The predicted octanol–water partition coefficient (Wildman–Crippen LogP) is 10.2. The number of aromatic carboxylic acids is 1. The summed E-state index contributed by atoms with van der Waals surface area (Å²) in [6, 6.07) is 12.8. The number of Topliss-reactive ketones (excluding diaryl/α,β-unsaturated/α-hetero) is 2. The zero-order valence-electron chi connectivity index (χ0n) is 43.0. The van der Waals surface area contributed by atoms with Gasteiger partial charge in [0.25, 0.3) is 0 Å². The highest BCUT2D eigenvalue weighted by atomic mass is 16.6. The van der Waals surface area contributed by atoms with Crippen LogP contribution in [0.1, 0.15) is 113 Å². The van der Waals surface area contributed by atoms with E-state index >= 15 is 4.79 Å². The number of phenols is 2. The van der Waals surface area contributed by atoms with Gasteiger partial charge in [0, 0.05) is 69.3 Å². The lowest BCUT2D eigenvalue weighted by Crippen LogP contribution is -2.72. The van der Waals surface area contributed by atoms with Crippen LogP contribution in [0.15, 0.2) is 116 Å². The molecule has 3 aromatic rings. The largest absolute Gasteiger partial charge is 0.508 e. The van der Waals surface area contributed by atoms with E-state index in [0.717, 1.165) is 12.0 Å². The number of amides is 2. The Morgan fingerprint density at radius 3 is 2.32 bits per heavy atom. The zero-order chi connectivity index (χ0) is 53.7. The van der Waals surface area contributed by atoms with Crippen LogP contribution >= 0.6 is 0 Å². The number of ether oxygens (including phenoxy) is 3. The van der Waals surface area contributed by atoms with E-state index in [1.165, 1.54) is 61.0 Å². The Balaban J connectivity index is 0.925. The summed E-state index contributed by atoms with van der Waals surface area (Å²) >= 11 is 0. The van der Waals surface area contributed by atoms with Crippen LogP contribution in [-0.4, -0.2) is 73.6 Å². The van der Waals surface area contributed by atoms with Crippen LogP contribution in [0, 0.1) is 11.8 Å². The molecule has 4 aliphatic heterocycles. The Labute approximate surface area is 432 Å². The molecule has 4 bridgehead atoms. The average molecular weight is 1020 g/mol. The molecule has 15 heteroatoms. The number of anilines is 1. The standard InChI is InChI=1S/C60H58N2O13/c1-30(2)10-9-21-58(8)22-20-40-50(66)49-51(67)43-24-33-25-46-57(6,7)75-59(54(33)68,60(43,46)74-53(49)41(52(40)73-58)15-11-31(3)4)23-19-32(5)55(69)61-29-47(65)62-34-12-16-37(42(26-34)56(70)71)48-38-17-13-35(63)27-44(38)72-45-28-36(64)14-18-39(45)48/h10-14,16-20,22,24,26-28,33,46,63,66H,9,15,21,23,25,29H2,1-8H3,(H,61,69)(H,62,65)(H,70,71)/b32-19-. The monoisotopic (exact) mass is 1010 g/mol. The third kappa shape index (κ3) is 8.24. The Morgan fingerprint density at radius 1 is 0.840 bits per heavy atom. The summed E-state index contributed by atoms with van der Waals surface area (Å²) in [7, 11) is 0. The molecule has 386 valence electrons. The summed E-state index contributed by atoms with van der Waals surface area (Å²) in [6.45, 7) is 14.7. The van der Waals surface area contributed by atoms with Gasteiger partial charge < -0.3 is 44.6 Å². The highest BCUT2D eigenvalue weighted by molar-refractivity contribution is 6.19. The number of carbonyl (C=O) groups is 5. The van der Waals surface area contributed by atoms with Gasteiger partial charge in [-0.1, -0.05) is 41.5 Å². The van der Waals surface area contributed by atoms with E-state index < -0.39 is 64.4 Å². The summed E-state index contributed by atoms with van der Waals surface area (Å²) in [5.41, 5.74) is -0.730. The van der Waals surface area contributed by atoms with Gasteiger partial charge in [0.1, 0.15) is 45.5 Å². The maximum Gasteiger partial charge on any atom is 0.336 e. The summed E-state index contributed by atoms with van der Waals surface area (Å²) in [4.78, 5) is 82.4. The number of aromatic hydroxyl groups is 2. The number of carbonyl (C=O) groups excluding carboxylic acids is 4. The zero-order valence-corrected chi connectivity index (χ0v) is 43.0. The third-order valence-corrected chi connectivity index (χ3v) is 15.4. The fourth-order valence-corrected chi connectivity index (χ4v) is 11.8. The molecule has 2 amide bonds. The van der Waals surface area contributed by atoms with Gasteiger partial charge in [0.15, 0.2) is 28.2 Å². The van der Waals surface area contributed by atoms with E-state index in [-0.39, 0.29) is 79.7 Å². The molecule has 2 fully saturated rings. The van der Waals surface area contributed by atoms with Crippen molar-refractivity contribution in [1.82, 2.24) is 5.32 Å². The lowest BCUT2D eigenvalue weighted by Gasteiger charge is -2.56. The van der Waals surface area contributed by atoms with Crippen LogP contribution in [-0.2, 0) is 25.5 Å². The van der Waals surface area contributed by atoms with Crippen LogP contribution in [0.25, 0.3) is 39.5 Å². The minimum Gasteiger partial charge on any atom is -0.508 e. The fraction of sp³-hybridized carbons (Fsp3) is 0.333. The van der Waals surface area contributed by atoms with E-state index in [0.29, 0.717) is 52.7 Å². The van der Waals surface area contributed by atoms with Crippen molar-refractivity contribution in [3.05, 3.63) is 140 Å². The Bertz CT molecular complexity index is 3540. The molecule has 8 aliphatic rings. The average Bonchev–Trinajstić information content (AvgIpc) is 3.52. The van der Waals surface area contributed by atoms with Crippen molar-refractivity contribution in [1.29, 1.82) is 0 Å². The number of benzene rings is 4. The Kier molecular flexibility index (Phi) is 12.2. The second-order valence-electron chi connectivity index (χ2n) is 21.6. The number of nitrogens with one attached hydrogen (secondary N) is 2. The number of hydrogen-bond acceptors (Lipinski definition) is 12. The molecular formula is C60H58N2O13. The Hall–Kier alpha value is -8.04. The van der Waals surface area contributed by atoms with Crippen molar-refractivity contribution in [2.24, 2.45) is 11.8 Å². The molecule has 4 heterocycles. The quantitative estimate of drug-likeness (QED) is 0.0421. The van der Waals surface area contributed by atoms with Crippen LogP contribution in [0.3, 0.4) is 0 Å². The molecule has 1 saturated carbocycles. The highest BCUT2D eigenvalue weighted by Gasteiger charge is 2.81. The van der Waals surface area contributed by atoms with E-state index in [1.807, 2.05) is 66.7 Å². The van der Waals surface area contributed by atoms with Crippen molar-refractivity contribution >= 4 is 52.1 Å². The van der Waals surface area contributed by atoms with Gasteiger partial charge in [-0.15, -0.1) is 0 Å². The van der Waals surface area contributed by atoms with Crippen LogP contribution in [0.5, 0.6) is 23.0 Å². The van der Waals surface area contributed by atoms with E-state index in [1.54, 1.807) is 18.2 Å². The first-order chi connectivity index (χ1) is 35.5. The molecule has 11 rings (SSSR count). The number of carboxylic acid groups (broad SMARTS) is 1. The summed E-state index contributed by atoms with van der Waals surface area (Å²) in [5.74, 6) is -4.25. The smallest absolute Gasteiger partial charge is 0.336 e. The number of allylic oxidation sites excluding steroid dienone is 5. The number of rotatable bonds is 13. The first kappa shape index (κ1) is 50.5. The van der Waals surface area contributed by atoms with Gasteiger partial charge in [-0.2, -0.15) is 0 Å². The maximum atomic E-state index is 15.2. The fourth-order valence-electron chi connectivity index (χ4n) is 11.8. The maximum absolute atomic E-state index is 15.2. The number of phenolic OH excluding ortho intramolecular Hbond substituents is 2. The molecule has 5 N–H and O–H groups in total. The normalized spacial score (nSPS) is 23.6. The van der Waals surface area contributed by atoms with Crippen LogP contribution < -0.4 is 25.5 Å². The van der Waals surface area contributed by atoms with Crippen molar-refractivity contribution in [3.8, 4) is 45.4 Å². The lowest BCUT2D eigenvalue weighted by atomic mass is 9.51. The van der Waals surface area contributed by atoms with Gasteiger partial charge in [0.2, 0.25) is 11.8 Å². The van der Waals surface area contributed by atoms with Crippen molar-refractivity contribution < 1.29 is 57.9 Å². The second-order valence-corrected chi connectivity index (χ2v) is 21.6. The van der Waals surface area contributed by atoms with Gasteiger partial charge in [0.05, 0.1) is 23.3 Å².